The fourth-order valence-electron chi connectivity index (χ4n) is 3.07. The van der Waals surface area contributed by atoms with Crippen molar-refractivity contribution in [3.8, 4) is 5.75 Å². The first-order chi connectivity index (χ1) is 15.3. The van der Waals surface area contributed by atoms with Gasteiger partial charge in [-0.25, -0.2) is 19.3 Å². The maximum atomic E-state index is 12.8. The Bertz CT molecular complexity index is 1180. The predicted molar refractivity (Wildman–Crippen MR) is 115 cm³/mol. The molecule has 3 aromatic rings. The molecule has 3 rings (SSSR count). The minimum atomic E-state index is -2.11. The van der Waals surface area contributed by atoms with E-state index in [1.54, 1.807) is 22.9 Å². The predicted octanol–water partition coefficient (Wildman–Crippen LogP) is 1.99. The molecule has 11 nitrogen and oxygen atoms in total. The van der Waals surface area contributed by atoms with Gasteiger partial charge < -0.3 is 25.6 Å². The van der Waals surface area contributed by atoms with Gasteiger partial charge in [0.15, 0.2) is 5.65 Å². The number of hydrogen-bond donors (Lipinski definition) is 4. The molecule has 0 spiro atoms. The maximum absolute atomic E-state index is 12.8. The van der Waals surface area contributed by atoms with Crippen molar-refractivity contribution in [3.05, 3.63) is 46.7 Å². The van der Waals surface area contributed by atoms with Crippen LogP contribution < -0.4 is 15.4 Å². The number of pyridine rings is 1. The second kappa shape index (κ2) is 9.52. The molecule has 0 fully saturated rings. The number of nitrogens with one attached hydrogen (secondary N) is 2. The minimum Gasteiger partial charge on any atom is -0.495 e. The lowest BCUT2D eigenvalue weighted by Crippen LogP contribution is -2.46. The summed E-state index contributed by atoms with van der Waals surface area (Å²) in [5.41, 5.74) is 1.59. The average Bonchev–Trinajstić information content (AvgIpc) is 3.18. The molecule has 4 N–H and O–H groups in total. The highest BCUT2D eigenvalue weighted by atomic mass is 35.5. The van der Waals surface area contributed by atoms with Crippen LogP contribution in [-0.2, 0) is 22.7 Å². The number of aryl methyl sites for hydroxylation is 1. The van der Waals surface area contributed by atoms with Crippen molar-refractivity contribution in [2.75, 3.05) is 12.4 Å². The number of carboxylic acids is 2. The molecule has 0 aliphatic heterocycles. The Labute approximate surface area is 187 Å². The number of anilines is 1. The standard InChI is InChI=1S/C20H20ClN5O6/c1-3-26-17-11(9-24-26)15(22-7-10-4-5-14(32-2)13(21)6-10)12(8-23-17)18(27)25-16(19(28)29)20(30)31/h4-6,8-9,16H,3,7H2,1-2H3,(H,22,23)(H,25,27)(H,28,29)(H,30,31). The summed E-state index contributed by atoms with van der Waals surface area (Å²) in [4.78, 5) is 39.4. The molecule has 2 heterocycles. The number of fused-ring (bicyclic) bond motifs is 1. The van der Waals surface area contributed by atoms with E-state index in [0.29, 0.717) is 34.0 Å². The molecule has 12 heteroatoms. The van der Waals surface area contributed by atoms with Crippen LogP contribution in [-0.4, -0.2) is 56.0 Å². The second-order valence-electron chi connectivity index (χ2n) is 6.65. The molecular formula is C20H20ClN5O6. The van der Waals surface area contributed by atoms with Crippen LogP contribution >= 0.6 is 11.6 Å². The molecule has 0 aliphatic carbocycles. The molecule has 0 radical (unpaired) electrons. The van der Waals surface area contributed by atoms with E-state index in [2.05, 4.69) is 15.4 Å². The number of carbonyl (C=O) groups excluding carboxylic acids is 1. The van der Waals surface area contributed by atoms with Crippen molar-refractivity contribution >= 4 is 46.2 Å². The van der Waals surface area contributed by atoms with Crippen molar-refractivity contribution in [3.63, 3.8) is 0 Å². The summed E-state index contributed by atoms with van der Waals surface area (Å²) in [5.74, 6) is -3.78. The lowest BCUT2D eigenvalue weighted by molar-refractivity contribution is -0.150. The van der Waals surface area contributed by atoms with Crippen LogP contribution in [0.4, 0.5) is 5.69 Å². The number of ether oxygens (including phenoxy) is 1. The van der Waals surface area contributed by atoms with Crippen LogP contribution in [0.3, 0.4) is 0 Å². The number of carboxylic acid groups (broad SMARTS) is 2. The number of hydrogen-bond acceptors (Lipinski definition) is 7. The van der Waals surface area contributed by atoms with E-state index in [9.17, 15) is 14.4 Å². The number of halogens is 1. The number of amides is 1. The first-order valence-corrected chi connectivity index (χ1v) is 9.81. The number of nitrogens with zero attached hydrogens (tertiary/aromatic N) is 3. The van der Waals surface area contributed by atoms with Gasteiger partial charge in [-0.3, -0.25) is 4.79 Å². The van der Waals surface area contributed by atoms with Crippen LogP contribution in [0.5, 0.6) is 5.75 Å². The Balaban J connectivity index is 1.99. The van der Waals surface area contributed by atoms with Crippen molar-refractivity contribution < 1.29 is 29.3 Å². The van der Waals surface area contributed by atoms with Gasteiger partial charge in [0.05, 0.1) is 35.0 Å². The highest BCUT2D eigenvalue weighted by Gasteiger charge is 2.29. The van der Waals surface area contributed by atoms with Crippen molar-refractivity contribution in [1.82, 2.24) is 20.1 Å². The second-order valence-corrected chi connectivity index (χ2v) is 7.06. The first-order valence-electron chi connectivity index (χ1n) is 9.44. The smallest absolute Gasteiger partial charge is 0.338 e. The fourth-order valence-corrected chi connectivity index (χ4v) is 3.35. The van der Waals surface area contributed by atoms with E-state index in [4.69, 9.17) is 26.6 Å². The lowest BCUT2D eigenvalue weighted by atomic mass is 10.1. The van der Waals surface area contributed by atoms with E-state index in [0.717, 1.165) is 5.56 Å². The maximum Gasteiger partial charge on any atom is 0.338 e. The van der Waals surface area contributed by atoms with Crippen molar-refractivity contribution in [1.29, 1.82) is 0 Å². The van der Waals surface area contributed by atoms with E-state index >= 15 is 0 Å². The Hall–Kier alpha value is -3.86. The average molecular weight is 462 g/mol. The number of methoxy groups -OCH3 is 1. The molecular weight excluding hydrogens is 442 g/mol. The van der Waals surface area contributed by atoms with Gasteiger partial charge in [0.1, 0.15) is 5.75 Å². The SMILES string of the molecule is CCn1ncc2c(NCc3ccc(OC)c(Cl)c3)c(C(=O)NC(C(=O)O)C(=O)O)cnc21. The zero-order chi connectivity index (χ0) is 23.4. The number of rotatable bonds is 9. The van der Waals surface area contributed by atoms with Crippen molar-refractivity contribution in [2.45, 2.75) is 26.1 Å². The molecule has 1 aromatic carbocycles. The zero-order valence-electron chi connectivity index (χ0n) is 17.1. The molecule has 168 valence electrons. The van der Waals surface area contributed by atoms with Crippen LogP contribution in [0, 0.1) is 0 Å². The minimum absolute atomic E-state index is 0.0275. The third-order valence-corrected chi connectivity index (χ3v) is 4.96. The van der Waals surface area contributed by atoms with Crippen LogP contribution in [0.25, 0.3) is 11.0 Å². The third kappa shape index (κ3) is 4.57. The summed E-state index contributed by atoms with van der Waals surface area (Å²) in [7, 11) is 1.50. The quantitative estimate of drug-likeness (QED) is 0.350. The van der Waals surface area contributed by atoms with Crippen LogP contribution in [0.2, 0.25) is 5.02 Å². The van der Waals surface area contributed by atoms with Crippen LogP contribution in [0.1, 0.15) is 22.8 Å². The molecule has 1 amide bonds. The molecule has 0 bridgehead atoms. The first kappa shape index (κ1) is 22.8. The zero-order valence-corrected chi connectivity index (χ0v) is 17.9. The number of benzene rings is 1. The summed E-state index contributed by atoms with van der Waals surface area (Å²) < 4.78 is 6.77. The van der Waals surface area contributed by atoms with E-state index < -0.39 is 23.9 Å². The highest BCUT2D eigenvalue weighted by molar-refractivity contribution is 6.32. The summed E-state index contributed by atoms with van der Waals surface area (Å²) in [6.07, 6.45) is 2.77. The Morgan fingerprint density at radius 2 is 1.94 bits per heavy atom. The van der Waals surface area contributed by atoms with E-state index in [1.165, 1.54) is 19.5 Å². The highest BCUT2D eigenvalue weighted by Crippen LogP contribution is 2.29. The van der Waals surface area contributed by atoms with Gasteiger partial charge in [0.25, 0.3) is 5.91 Å². The summed E-state index contributed by atoms with van der Waals surface area (Å²) in [6.45, 7) is 2.67. The van der Waals surface area contributed by atoms with E-state index in [1.807, 2.05) is 12.2 Å². The van der Waals surface area contributed by atoms with E-state index in [-0.39, 0.29) is 12.1 Å². The third-order valence-electron chi connectivity index (χ3n) is 4.67. The topological polar surface area (TPSA) is 156 Å². The summed E-state index contributed by atoms with van der Waals surface area (Å²) in [5, 5.41) is 28.5. The number of carbonyl (C=O) groups is 3. The molecule has 0 saturated heterocycles. The fraction of sp³-hybridized carbons (Fsp3) is 0.250. The largest absolute Gasteiger partial charge is 0.495 e. The molecule has 0 unspecified atom stereocenters. The van der Waals surface area contributed by atoms with Gasteiger partial charge in [-0.1, -0.05) is 17.7 Å². The van der Waals surface area contributed by atoms with Crippen molar-refractivity contribution in [2.24, 2.45) is 0 Å². The molecule has 0 aliphatic rings. The summed E-state index contributed by atoms with van der Waals surface area (Å²) >= 11 is 6.18. The number of aromatic nitrogens is 3. The molecule has 32 heavy (non-hydrogen) atoms. The normalized spacial score (nSPS) is 10.9. The van der Waals surface area contributed by atoms with Gasteiger partial charge >= 0.3 is 11.9 Å². The monoisotopic (exact) mass is 461 g/mol. The molecule has 2 aromatic heterocycles. The Morgan fingerprint density at radius 1 is 1.22 bits per heavy atom. The lowest BCUT2D eigenvalue weighted by Gasteiger charge is -2.15. The molecule has 0 saturated carbocycles. The Morgan fingerprint density at radius 3 is 2.53 bits per heavy atom. The van der Waals surface area contributed by atoms with Gasteiger partial charge in [-0.15, -0.1) is 0 Å². The molecule has 0 atom stereocenters. The van der Waals surface area contributed by atoms with Gasteiger partial charge in [-0.2, -0.15) is 5.10 Å². The van der Waals surface area contributed by atoms with Gasteiger partial charge in [0, 0.05) is 19.3 Å². The number of aliphatic carboxylic acids is 2. The van der Waals surface area contributed by atoms with Gasteiger partial charge in [-0.05, 0) is 24.6 Å². The van der Waals surface area contributed by atoms with Gasteiger partial charge in [0.2, 0.25) is 6.04 Å². The Kier molecular flexibility index (Phi) is 6.79. The summed E-state index contributed by atoms with van der Waals surface area (Å²) in [6, 6.07) is 3.08. The van der Waals surface area contributed by atoms with Crippen LogP contribution in [0.15, 0.2) is 30.6 Å².